The molecule has 5 heteroatoms. The van der Waals surface area contributed by atoms with E-state index in [4.69, 9.17) is 0 Å². The molecule has 1 atom stereocenters. The van der Waals surface area contributed by atoms with Gasteiger partial charge in [0.25, 0.3) is 0 Å². The van der Waals surface area contributed by atoms with Gasteiger partial charge in [-0.3, -0.25) is 14.7 Å². The molecule has 1 unspecified atom stereocenters. The predicted octanol–water partition coefficient (Wildman–Crippen LogP) is 4.38. The van der Waals surface area contributed by atoms with Gasteiger partial charge >= 0.3 is 0 Å². The van der Waals surface area contributed by atoms with Gasteiger partial charge in [-0.05, 0) is 71.5 Å². The van der Waals surface area contributed by atoms with Crippen molar-refractivity contribution >= 4 is 17.2 Å². The van der Waals surface area contributed by atoms with Crippen LogP contribution < -0.4 is 5.32 Å². The summed E-state index contributed by atoms with van der Waals surface area (Å²) in [7, 11) is 0. The molecule has 1 fully saturated rings. The van der Waals surface area contributed by atoms with Crippen LogP contribution in [0.2, 0.25) is 0 Å². The van der Waals surface area contributed by atoms with E-state index in [-0.39, 0.29) is 11.3 Å². The lowest BCUT2D eigenvalue weighted by Gasteiger charge is -2.28. The third-order valence-electron chi connectivity index (χ3n) is 5.73. The minimum atomic E-state index is -0.373. The third-order valence-corrected chi connectivity index (χ3v) is 6.42. The molecule has 1 aliphatic heterocycles. The Labute approximate surface area is 176 Å². The molecule has 2 aromatic heterocycles. The molecule has 29 heavy (non-hydrogen) atoms. The number of nitrogens with one attached hydrogen (secondary N) is 1. The van der Waals surface area contributed by atoms with E-state index in [0.29, 0.717) is 6.54 Å². The minimum Gasteiger partial charge on any atom is -0.356 e. The summed E-state index contributed by atoms with van der Waals surface area (Å²) in [6, 6.07) is 14.9. The Morgan fingerprint density at radius 3 is 2.72 bits per heavy atom. The Hall–Kier alpha value is -2.50. The zero-order valence-corrected chi connectivity index (χ0v) is 17.6. The highest BCUT2D eigenvalue weighted by Gasteiger charge is 2.44. The molecule has 4 rings (SSSR count). The van der Waals surface area contributed by atoms with Crippen molar-refractivity contribution in [1.29, 1.82) is 0 Å². The molecule has 0 saturated carbocycles. The van der Waals surface area contributed by atoms with E-state index in [1.807, 2.05) is 19.2 Å². The number of thiophene rings is 1. The van der Waals surface area contributed by atoms with Crippen LogP contribution in [0.4, 0.5) is 0 Å². The number of carbonyl (C=O) groups is 1. The number of hydrogen-bond donors (Lipinski definition) is 1. The topological polar surface area (TPSA) is 45.2 Å². The van der Waals surface area contributed by atoms with Crippen molar-refractivity contribution in [1.82, 2.24) is 15.2 Å². The summed E-state index contributed by atoms with van der Waals surface area (Å²) in [6.07, 6.45) is 5.36. The maximum Gasteiger partial charge on any atom is 0.227 e. The Bertz CT molecular complexity index is 925. The first-order chi connectivity index (χ1) is 14.2. The summed E-state index contributed by atoms with van der Waals surface area (Å²) < 4.78 is 0. The third kappa shape index (κ3) is 4.57. The smallest absolute Gasteiger partial charge is 0.227 e. The minimum absolute atomic E-state index is 0.176. The quantitative estimate of drug-likeness (QED) is 0.634. The molecule has 0 bridgehead atoms. The molecule has 0 radical (unpaired) electrons. The number of hydrogen-bond acceptors (Lipinski definition) is 4. The zero-order valence-electron chi connectivity index (χ0n) is 16.8. The lowest BCUT2D eigenvalue weighted by Crippen LogP contribution is -2.44. The average molecular weight is 406 g/mol. The second-order valence-corrected chi connectivity index (χ2v) is 8.63. The van der Waals surface area contributed by atoms with Crippen molar-refractivity contribution < 1.29 is 4.79 Å². The van der Waals surface area contributed by atoms with E-state index < -0.39 is 0 Å². The Kier molecular flexibility index (Phi) is 6.07. The molecule has 150 valence electrons. The summed E-state index contributed by atoms with van der Waals surface area (Å²) in [5, 5.41) is 7.36. The van der Waals surface area contributed by atoms with E-state index in [0.717, 1.165) is 32.5 Å². The molecule has 4 nitrogen and oxygen atoms in total. The fraction of sp³-hybridized carbons (Fsp3) is 0.333. The lowest BCUT2D eigenvalue weighted by molar-refractivity contribution is -0.130. The second-order valence-electron chi connectivity index (χ2n) is 7.85. The fourth-order valence-electron chi connectivity index (χ4n) is 4.24. The van der Waals surface area contributed by atoms with Crippen LogP contribution in [0.3, 0.4) is 0 Å². The van der Waals surface area contributed by atoms with Crippen molar-refractivity contribution in [3.63, 3.8) is 0 Å². The number of amides is 1. The Morgan fingerprint density at radius 2 is 2.03 bits per heavy atom. The average Bonchev–Trinajstić information content (AvgIpc) is 3.41. The van der Waals surface area contributed by atoms with E-state index >= 15 is 0 Å². The molecule has 3 heterocycles. The molecular weight excluding hydrogens is 378 g/mol. The van der Waals surface area contributed by atoms with E-state index in [9.17, 15) is 4.79 Å². The molecule has 1 aromatic carbocycles. The van der Waals surface area contributed by atoms with Crippen LogP contribution in [0.5, 0.6) is 0 Å². The normalized spacial score (nSPS) is 19.3. The van der Waals surface area contributed by atoms with Crippen LogP contribution in [0, 0.1) is 5.41 Å². The Balaban J connectivity index is 1.50. The molecule has 3 aromatic rings. The van der Waals surface area contributed by atoms with Gasteiger partial charge in [0, 0.05) is 32.0 Å². The number of carbonyl (C=O) groups excluding carboxylic acids is 1. The maximum absolute atomic E-state index is 13.1. The highest BCUT2D eigenvalue weighted by molar-refractivity contribution is 7.08. The first-order valence-corrected chi connectivity index (χ1v) is 11.1. The number of nitrogens with zero attached hydrogens (tertiary/aromatic N) is 2. The summed E-state index contributed by atoms with van der Waals surface area (Å²) in [6.45, 7) is 5.20. The molecular formula is C24H27N3OS. The second kappa shape index (κ2) is 8.89. The number of benzene rings is 1. The van der Waals surface area contributed by atoms with E-state index in [2.05, 4.69) is 62.4 Å². The summed E-state index contributed by atoms with van der Waals surface area (Å²) in [5.74, 6) is 0.176. The van der Waals surface area contributed by atoms with Crippen molar-refractivity contribution in [2.75, 3.05) is 19.6 Å². The SMILES string of the molecule is CCNC(=O)C1(Cc2ccc(-c3ccsc3)cc2)CCN(Cc2cccnc2)C1. The van der Waals surface area contributed by atoms with Crippen molar-refractivity contribution in [2.24, 2.45) is 5.41 Å². The largest absolute Gasteiger partial charge is 0.356 e. The van der Waals surface area contributed by atoms with Crippen LogP contribution in [0.15, 0.2) is 65.6 Å². The highest BCUT2D eigenvalue weighted by atomic mass is 32.1. The summed E-state index contributed by atoms with van der Waals surface area (Å²) >= 11 is 1.71. The van der Waals surface area contributed by atoms with Gasteiger partial charge in [-0.25, -0.2) is 0 Å². The standard InChI is InChI=1S/C24H27N3OS/c1-2-26-23(28)24(10-12-27(18-24)16-20-4-3-11-25-15-20)14-19-5-7-21(8-6-19)22-9-13-29-17-22/h3-9,11,13,15,17H,2,10,12,14,16,18H2,1H3,(H,26,28). The molecule has 1 N–H and O–H groups in total. The van der Waals surface area contributed by atoms with Gasteiger partial charge < -0.3 is 5.32 Å². The van der Waals surface area contributed by atoms with Gasteiger partial charge in [0.15, 0.2) is 0 Å². The predicted molar refractivity (Wildman–Crippen MR) is 119 cm³/mol. The first kappa shape index (κ1) is 19.8. The monoisotopic (exact) mass is 405 g/mol. The van der Waals surface area contributed by atoms with Crippen molar-refractivity contribution in [3.05, 3.63) is 76.7 Å². The number of rotatable bonds is 7. The van der Waals surface area contributed by atoms with Crippen LogP contribution in [0.1, 0.15) is 24.5 Å². The summed E-state index contributed by atoms with van der Waals surface area (Å²) in [4.78, 5) is 19.7. The molecule has 1 amide bonds. The van der Waals surface area contributed by atoms with Gasteiger partial charge in [-0.15, -0.1) is 0 Å². The summed E-state index contributed by atoms with van der Waals surface area (Å²) in [5.41, 5.74) is 4.52. The fourth-order valence-corrected chi connectivity index (χ4v) is 4.90. The molecule has 0 aliphatic carbocycles. The Morgan fingerprint density at radius 1 is 1.17 bits per heavy atom. The van der Waals surface area contributed by atoms with E-state index in [1.165, 1.54) is 22.3 Å². The molecule has 1 saturated heterocycles. The van der Waals surface area contributed by atoms with Gasteiger partial charge in [0.05, 0.1) is 5.41 Å². The van der Waals surface area contributed by atoms with Crippen LogP contribution in [0.25, 0.3) is 11.1 Å². The number of aromatic nitrogens is 1. The van der Waals surface area contributed by atoms with Gasteiger partial charge in [0.1, 0.15) is 0 Å². The maximum atomic E-state index is 13.1. The number of likely N-dealkylation sites (tertiary alicyclic amines) is 1. The van der Waals surface area contributed by atoms with Gasteiger partial charge in [-0.1, -0.05) is 30.3 Å². The van der Waals surface area contributed by atoms with Gasteiger partial charge in [-0.2, -0.15) is 11.3 Å². The molecule has 1 aliphatic rings. The van der Waals surface area contributed by atoms with Gasteiger partial charge in [0.2, 0.25) is 5.91 Å². The zero-order chi connectivity index (χ0) is 20.1. The van der Waals surface area contributed by atoms with Crippen LogP contribution in [-0.2, 0) is 17.8 Å². The van der Waals surface area contributed by atoms with E-state index in [1.54, 1.807) is 17.5 Å². The van der Waals surface area contributed by atoms with Crippen LogP contribution in [-0.4, -0.2) is 35.4 Å². The first-order valence-electron chi connectivity index (χ1n) is 10.2. The molecule has 0 spiro atoms. The van der Waals surface area contributed by atoms with Crippen molar-refractivity contribution in [2.45, 2.75) is 26.3 Å². The lowest BCUT2D eigenvalue weighted by atomic mass is 9.79. The number of pyridine rings is 1. The van der Waals surface area contributed by atoms with Crippen molar-refractivity contribution in [3.8, 4) is 11.1 Å². The van der Waals surface area contributed by atoms with Crippen LogP contribution >= 0.6 is 11.3 Å². The highest BCUT2D eigenvalue weighted by Crippen LogP contribution is 2.36.